The van der Waals surface area contributed by atoms with E-state index in [9.17, 15) is 8.42 Å². The average Bonchev–Trinajstić information content (AvgIpc) is 3.31. The van der Waals surface area contributed by atoms with E-state index in [0.717, 1.165) is 59.4 Å². The molecule has 0 spiro atoms. The lowest BCUT2D eigenvalue weighted by atomic mass is 10.1. The molecule has 0 unspecified atom stereocenters. The number of aryl methyl sites for hydroxylation is 2. The van der Waals surface area contributed by atoms with Gasteiger partial charge in [0.15, 0.2) is 5.82 Å². The maximum absolute atomic E-state index is 13.1. The summed E-state index contributed by atoms with van der Waals surface area (Å²) in [6.07, 6.45) is 6.94. The summed E-state index contributed by atoms with van der Waals surface area (Å²) in [5.74, 6) is 1.16. The van der Waals surface area contributed by atoms with Crippen LogP contribution in [-0.2, 0) is 22.9 Å². The molecule has 8 heteroatoms. The number of para-hydroxylation sites is 2. The Morgan fingerprint density at radius 1 is 0.865 bits per heavy atom. The van der Waals surface area contributed by atoms with Gasteiger partial charge < -0.3 is 0 Å². The number of anilines is 1. The van der Waals surface area contributed by atoms with Gasteiger partial charge in [0.05, 0.1) is 15.9 Å². The van der Waals surface area contributed by atoms with E-state index in [1.54, 1.807) is 18.3 Å². The Balaban J connectivity index is 1.44. The minimum atomic E-state index is -3.82. The normalized spacial score (nSPS) is 11.6. The van der Waals surface area contributed by atoms with Crippen LogP contribution in [0.15, 0.2) is 90.1 Å². The Kier molecular flexibility index (Phi) is 7.01. The third-order valence-corrected chi connectivity index (χ3v) is 7.68. The Morgan fingerprint density at radius 2 is 1.59 bits per heavy atom. The lowest BCUT2D eigenvalue weighted by Crippen LogP contribution is -2.15. The second-order valence-electron chi connectivity index (χ2n) is 8.86. The predicted octanol–water partition coefficient (Wildman–Crippen LogP) is 6.19. The number of aromatic nitrogens is 4. The van der Waals surface area contributed by atoms with Crippen molar-refractivity contribution in [1.29, 1.82) is 0 Å². The zero-order valence-corrected chi connectivity index (χ0v) is 21.7. The van der Waals surface area contributed by atoms with Crippen molar-refractivity contribution in [2.45, 2.75) is 44.4 Å². The summed E-state index contributed by atoms with van der Waals surface area (Å²) in [5, 5.41) is 0. The van der Waals surface area contributed by atoms with Gasteiger partial charge in [-0.1, -0.05) is 56.7 Å². The molecule has 1 N–H and O–H groups in total. The molecule has 0 amide bonds. The van der Waals surface area contributed by atoms with Crippen molar-refractivity contribution in [2.24, 2.45) is 0 Å². The molecule has 3 aromatic carbocycles. The zero-order chi connectivity index (χ0) is 25.8. The van der Waals surface area contributed by atoms with Crippen molar-refractivity contribution in [3.05, 3.63) is 96.6 Å². The monoisotopic (exact) mass is 511 g/mol. The molecular formula is C29H29N5O2S. The molecule has 0 fully saturated rings. The average molecular weight is 512 g/mol. The second-order valence-corrected chi connectivity index (χ2v) is 10.5. The highest BCUT2D eigenvalue weighted by molar-refractivity contribution is 7.92. The number of imidazole rings is 1. The molecule has 37 heavy (non-hydrogen) atoms. The first-order valence-electron chi connectivity index (χ1n) is 12.5. The smallest absolute Gasteiger partial charge is 0.263 e. The molecule has 0 aliphatic heterocycles. The summed E-state index contributed by atoms with van der Waals surface area (Å²) in [6.45, 7) is 4.22. The molecule has 2 heterocycles. The third-order valence-electron chi connectivity index (χ3n) is 6.33. The van der Waals surface area contributed by atoms with Crippen LogP contribution in [0.25, 0.3) is 28.0 Å². The summed E-state index contributed by atoms with van der Waals surface area (Å²) in [4.78, 5) is 13.7. The number of benzene rings is 3. The van der Waals surface area contributed by atoms with Crippen LogP contribution >= 0.6 is 0 Å². The van der Waals surface area contributed by atoms with E-state index >= 15 is 0 Å². The highest BCUT2D eigenvalue weighted by Gasteiger charge is 2.19. The predicted molar refractivity (Wildman–Crippen MR) is 147 cm³/mol. The molecule has 0 aliphatic carbocycles. The van der Waals surface area contributed by atoms with Crippen molar-refractivity contribution in [3.8, 4) is 16.9 Å². The number of hydrogen-bond acceptors (Lipinski definition) is 5. The first-order valence-corrected chi connectivity index (χ1v) is 14.0. The summed E-state index contributed by atoms with van der Waals surface area (Å²) < 4.78 is 31.0. The fourth-order valence-corrected chi connectivity index (χ4v) is 5.41. The van der Waals surface area contributed by atoms with E-state index in [0.29, 0.717) is 5.69 Å². The molecule has 0 atom stereocenters. The van der Waals surface area contributed by atoms with Crippen molar-refractivity contribution in [1.82, 2.24) is 19.5 Å². The molecule has 5 rings (SSSR count). The van der Waals surface area contributed by atoms with Gasteiger partial charge in [-0.2, -0.15) is 0 Å². The lowest BCUT2D eigenvalue weighted by Gasteiger charge is -2.13. The van der Waals surface area contributed by atoms with E-state index in [1.165, 1.54) is 6.20 Å². The first-order chi connectivity index (χ1) is 18.0. The minimum absolute atomic E-state index is 0.188. The van der Waals surface area contributed by atoms with Gasteiger partial charge in [-0.3, -0.25) is 14.3 Å². The van der Waals surface area contributed by atoms with E-state index in [2.05, 4.69) is 39.2 Å². The Bertz CT molecular complexity index is 1630. The van der Waals surface area contributed by atoms with Gasteiger partial charge in [0.1, 0.15) is 11.5 Å². The first kappa shape index (κ1) is 24.6. The third kappa shape index (κ3) is 5.11. The Morgan fingerprint density at radius 3 is 2.32 bits per heavy atom. The SMILES string of the molecule is CCCCc1ccc(S(=O)(=O)Nc2nccnc2-c2ccc(-n3c(CC)nc4ccccc43)cc2)cc1. The molecule has 5 aromatic rings. The number of hydrogen-bond donors (Lipinski definition) is 1. The second kappa shape index (κ2) is 10.5. The fraction of sp³-hybridized carbons (Fsp3) is 0.207. The maximum Gasteiger partial charge on any atom is 0.263 e. The topological polar surface area (TPSA) is 89.8 Å². The van der Waals surface area contributed by atoms with Crippen molar-refractivity contribution < 1.29 is 8.42 Å². The van der Waals surface area contributed by atoms with Crippen LogP contribution in [0.5, 0.6) is 0 Å². The van der Waals surface area contributed by atoms with Crippen LogP contribution < -0.4 is 4.72 Å². The molecular weight excluding hydrogens is 482 g/mol. The van der Waals surface area contributed by atoms with Crippen molar-refractivity contribution in [2.75, 3.05) is 4.72 Å². The zero-order valence-electron chi connectivity index (χ0n) is 20.9. The number of nitrogens with one attached hydrogen (secondary N) is 1. The highest BCUT2D eigenvalue weighted by atomic mass is 32.2. The van der Waals surface area contributed by atoms with Crippen LogP contribution in [0.2, 0.25) is 0 Å². The largest absolute Gasteiger partial charge is 0.296 e. The van der Waals surface area contributed by atoms with Crippen LogP contribution in [0.4, 0.5) is 5.82 Å². The van der Waals surface area contributed by atoms with Gasteiger partial charge in [-0.25, -0.2) is 18.4 Å². The Labute approximate surface area is 217 Å². The van der Waals surface area contributed by atoms with Crippen molar-refractivity contribution >= 4 is 26.9 Å². The number of nitrogens with zero attached hydrogens (tertiary/aromatic N) is 4. The molecule has 7 nitrogen and oxygen atoms in total. The molecule has 0 saturated carbocycles. The number of rotatable bonds is 9. The molecule has 0 bridgehead atoms. The summed E-state index contributed by atoms with van der Waals surface area (Å²) in [7, 11) is -3.82. The standard InChI is InChI=1S/C29H29N5O2S/c1-3-5-8-21-11-17-24(18-12-21)37(35,36)33-29-28(30-19-20-31-29)22-13-15-23(16-14-22)34-26-10-7-6-9-25(26)32-27(34)4-2/h6-7,9-20H,3-5,8H2,1-2H3,(H,31,33). The molecule has 0 radical (unpaired) electrons. The molecule has 2 aromatic heterocycles. The Hall–Kier alpha value is -4.04. The van der Waals surface area contributed by atoms with Gasteiger partial charge in [0.2, 0.25) is 0 Å². The maximum atomic E-state index is 13.1. The van der Waals surface area contributed by atoms with E-state index in [-0.39, 0.29) is 10.7 Å². The van der Waals surface area contributed by atoms with Crippen LogP contribution in [-0.4, -0.2) is 27.9 Å². The van der Waals surface area contributed by atoms with Crippen molar-refractivity contribution in [3.63, 3.8) is 0 Å². The summed E-state index contributed by atoms with van der Waals surface area (Å²) in [5.41, 5.74) is 5.31. The number of sulfonamides is 1. The summed E-state index contributed by atoms with van der Waals surface area (Å²) >= 11 is 0. The van der Waals surface area contributed by atoms with E-state index in [4.69, 9.17) is 4.98 Å². The quantitative estimate of drug-likeness (QED) is 0.255. The van der Waals surface area contributed by atoms with Gasteiger partial charge in [0.25, 0.3) is 10.0 Å². The number of fused-ring (bicyclic) bond motifs is 1. The van der Waals surface area contributed by atoms with Crippen LogP contribution in [0.1, 0.15) is 38.1 Å². The summed E-state index contributed by atoms with van der Waals surface area (Å²) in [6, 6.07) is 22.9. The van der Waals surface area contributed by atoms with Gasteiger partial charge >= 0.3 is 0 Å². The number of unbranched alkanes of at least 4 members (excludes halogenated alkanes) is 1. The van der Waals surface area contributed by atoms with Gasteiger partial charge in [-0.05, 0) is 54.8 Å². The molecule has 0 saturated heterocycles. The van der Waals surface area contributed by atoms with Gasteiger partial charge in [0, 0.05) is 30.1 Å². The van der Waals surface area contributed by atoms with E-state index in [1.807, 2.05) is 54.6 Å². The minimum Gasteiger partial charge on any atom is -0.296 e. The van der Waals surface area contributed by atoms with Crippen LogP contribution in [0, 0.1) is 0 Å². The van der Waals surface area contributed by atoms with Crippen LogP contribution in [0.3, 0.4) is 0 Å². The fourth-order valence-electron chi connectivity index (χ4n) is 4.40. The van der Waals surface area contributed by atoms with Gasteiger partial charge in [-0.15, -0.1) is 0 Å². The van der Waals surface area contributed by atoms with E-state index < -0.39 is 10.0 Å². The molecule has 0 aliphatic rings. The highest BCUT2D eigenvalue weighted by Crippen LogP contribution is 2.28. The lowest BCUT2D eigenvalue weighted by molar-refractivity contribution is 0.601. The molecule has 188 valence electrons.